The van der Waals surface area contributed by atoms with Gasteiger partial charge < -0.3 is 0 Å². The average molecular weight is 279 g/mol. The highest BCUT2D eigenvalue weighted by atomic mass is 19.2. The van der Waals surface area contributed by atoms with Crippen LogP contribution in [0.25, 0.3) is 16.7 Å². The SMILES string of the molecule is Bc1ccnc2c1cnn2-c1c(F)c(F)cc(F)c1F. The van der Waals surface area contributed by atoms with Crippen molar-refractivity contribution in [3.05, 3.63) is 47.8 Å². The third kappa shape index (κ3) is 1.68. The summed E-state index contributed by atoms with van der Waals surface area (Å²) < 4.78 is 54.8. The number of benzene rings is 1. The summed E-state index contributed by atoms with van der Waals surface area (Å²) in [7, 11) is 1.76. The molecule has 0 N–H and O–H groups in total. The molecule has 2 aromatic heterocycles. The topological polar surface area (TPSA) is 30.7 Å². The van der Waals surface area contributed by atoms with E-state index in [4.69, 9.17) is 0 Å². The zero-order valence-electron chi connectivity index (χ0n) is 10.2. The predicted octanol–water partition coefficient (Wildman–Crippen LogP) is 1.24. The summed E-state index contributed by atoms with van der Waals surface area (Å²) in [6, 6.07) is 1.84. The van der Waals surface area contributed by atoms with Gasteiger partial charge in [-0.25, -0.2) is 27.2 Å². The van der Waals surface area contributed by atoms with Crippen LogP contribution in [0.3, 0.4) is 0 Å². The van der Waals surface area contributed by atoms with E-state index >= 15 is 0 Å². The zero-order chi connectivity index (χ0) is 14.4. The van der Waals surface area contributed by atoms with Gasteiger partial charge in [0.2, 0.25) is 0 Å². The van der Waals surface area contributed by atoms with E-state index in [1.807, 2.05) is 0 Å². The first-order chi connectivity index (χ1) is 9.50. The second-order valence-electron chi connectivity index (χ2n) is 4.24. The van der Waals surface area contributed by atoms with E-state index in [0.717, 1.165) is 10.1 Å². The van der Waals surface area contributed by atoms with Crippen molar-refractivity contribution in [2.24, 2.45) is 0 Å². The largest absolute Gasteiger partial charge is 0.237 e. The van der Waals surface area contributed by atoms with Crippen molar-refractivity contribution < 1.29 is 17.6 Å². The summed E-state index contributed by atoms with van der Waals surface area (Å²) in [6.07, 6.45) is 2.75. The van der Waals surface area contributed by atoms with Crippen LogP contribution in [0.1, 0.15) is 0 Å². The molecule has 0 saturated heterocycles. The van der Waals surface area contributed by atoms with Gasteiger partial charge >= 0.3 is 0 Å². The highest BCUT2D eigenvalue weighted by molar-refractivity contribution is 6.38. The molecule has 100 valence electrons. The molecule has 0 aliphatic heterocycles. The summed E-state index contributed by atoms with van der Waals surface area (Å²) in [5, 5.41) is 4.31. The molecule has 0 unspecified atom stereocenters. The van der Waals surface area contributed by atoms with E-state index < -0.39 is 29.0 Å². The minimum Gasteiger partial charge on any atom is -0.237 e. The third-order valence-electron chi connectivity index (χ3n) is 2.99. The van der Waals surface area contributed by atoms with Gasteiger partial charge in [0.1, 0.15) is 13.5 Å². The number of halogens is 4. The molecule has 0 fully saturated rings. The lowest BCUT2D eigenvalue weighted by Crippen LogP contribution is -2.09. The van der Waals surface area contributed by atoms with Gasteiger partial charge in [0.25, 0.3) is 0 Å². The van der Waals surface area contributed by atoms with Crippen LogP contribution in [0.5, 0.6) is 0 Å². The summed E-state index contributed by atoms with van der Waals surface area (Å²) in [5.74, 6) is -6.01. The van der Waals surface area contributed by atoms with Crippen molar-refractivity contribution in [1.82, 2.24) is 14.8 Å². The van der Waals surface area contributed by atoms with Gasteiger partial charge in [0, 0.05) is 17.6 Å². The maximum atomic E-state index is 13.8. The van der Waals surface area contributed by atoms with Crippen LogP contribution in [0.4, 0.5) is 17.6 Å². The van der Waals surface area contributed by atoms with Gasteiger partial charge in [0.05, 0.1) is 6.20 Å². The Labute approximate surface area is 111 Å². The van der Waals surface area contributed by atoms with Crippen molar-refractivity contribution in [3.63, 3.8) is 0 Å². The highest BCUT2D eigenvalue weighted by Crippen LogP contribution is 2.24. The van der Waals surface area contributed by atoms with Crippen LogP contribution in [0.2, 0.25) is 0 Å². The lowest BCUT2D eigenvalue weighted by atomic mass is 9.95. The van der Waals surface area contributed by atoms with Gasteiger partial charge in [-0.05, 0) is 6.07 Å². The normalized spacial score (nSPS) is 11.2. The van der Waals surface area contributed by atoms with Crippen LogP contribution < -0.4 is 5.46 Å². The second kappa shape index (κ2) is 4.33. The van der Waals surface area contributed by atoms with Gasteiger partial charge in [-0.2, -0.15) is 5.10 Å². The molecule has 3 rings (SSSR count). The molecule has 3 aromatic rings. The van der Waals surface area contributed by atoms with E-state index in [2.05, 4.69) is 10.1 Å². The maximum absolute atomic E-state index is 13.8. The number of nitrogens with zero attached hydrogens (tertiary/aromatic N) is 3. The maximum Gasteiger partial charge on any atom is 0.187 e. The summed E-state index contributed by atoms with van der Waals surface area (Å²) in [5.41, 5.74) is -0.0256. The summed E-state index contributed by atoms with van der Waals surface area (Å²) in [4.78, 5) is 3.94. The molecule has 0 radical (unpaired) electrons. The Kier molecular flexibility index (Phi) is 2.74. The smallest absolute Gasteiger partial charge is 0.187 e. The zero-order valence-corrected chi connectivity index (χ0v) is 10.2. The molecular formula is C12H6BF4N3. The van der Waals surface area contributed by atoms with Crippen molar-refractivity contribution >= 4 is 24.3 Å². The minimum atomic E-state index is -1.52. The van der Waals surface area contributed by atoms with Gasteiger partial charge in [-0.1, -0.05) is 5.46 Å². The minimum absolute atomic E-state index is 0.118. The Balaban J connectivity index is 2.40. The Bertz CT molecular complexity index is 805. The molecule has 0 atom stereocenters. The van der Waals surface area contributed by atoms with E-state index in [1.54, 1.807) is 13.9 Å². The number of rotatable bonds is 1. The molecule has 8 heteroatoms. The predicted molar refractivity (Wildman–Crippen MR) is 66.9 cm³/mol. The fourth-order valence-corrected chi connectivity index (χ4v) is 1.96. The van der Waals surface area contributed by atoms with Crippen LogP contribution in [-0.4, -0.2) is 22.6 Å². The number of aromatic nitrogens is 3. The van der Waals surface area contributed by atoms with Crippen LogP contribution in [-0.2, 0) is 0 Å². The molecule has 2 heterocycles. The first-order valence-electron chi connectivity index (χ1n) is 5.63. The molecule has 0 spiro atoms. The van der Waals surface area contributed by atoms with E-state index in [-0.39, 0.29) is 11.7 Å². The molecule has 0 aliphatic rings. The quantitative estimate of drug-likeness (QED) is 0.381. The van der Waals surface area contributed by atoms with Gasteiger partial charge in [-0.15, -0.1) is 0 Å². The first-order valence-corrected chi connectivity index (χ1v) is 5.63. The Hall–Kier alpha value is -2.38. The van der Waals surface area contributed by atoms with Gasteiger partial charge in [-0.3, -0.25) is 0 Å². The first kappa shape index (κ1) is 12.6. The number of hydrogen-bond donors (Lipinski definition) is 0. The van der Waals surface area contributed by atoms with E-state index in [9.17, 15) is 17.6 Å². The average Bonchev–Trinajstić information content (AvgIpc) is 2.83. The summed E-state index contributed by atoms with van der Waals surface area (Å²) in [6.45, 7) is 0. The van der Waals surface area contributed by atoms with Crippen LogP contribution >= 0.6 is 0 Å². The van der Waals surface area contributed by atoms with Crippen LogP contribution in [0.15, 0.2) is 24.5 Å². The van der Waals surface area contributed by atoms with Crippen LogP contribution in [0, 0.1) is 23.3 Å². The lowest BCUT2D eigenvalue weighted by molar-refractivity contribution is 0.445. The van der Waals surface area contributed by atoms with Crippen molar-refractivity contribution in [2.75, 3.05) is 0 Å². The molecule has 1 aromatic carbocycles. The summed E-state index contributed by atoms with van der Waals surface area (Å²) >= 11 is 0. The Morgan fingerprint density at radius 3 is 2.35 bits per heavy atom. The fourth-order valence-electron chi connectivity index (χ4n) is 1.96. The lowest BCUT2D eigenvalue weighted by Gasteiger charge is -2.07. The molecule has 0 amide bonds. The molecule has 0 saturated carbocycles. The van der Waals surface area contributed by atoms with Crippen molar-refractivity contribution in [2.45, 2.75) is 0 Å². The Morgan fingerprint density at radius 1 is 1.05 bits per heavy atom. The third-order valence-corrected chi connectivity index (χ3v) is 2.99. The highest BCUT2D eigenvalue weighted by Gasteiger charge is 2.23. The molecular weight excluding hydrogens is 273 g/mol. The van der Waals surface area contributed by atoms with E-state index in [0.29, 0.717) is 5.39 Å². The Morgan fingerprint density at radius 2 is 1.70 bits per heavy atom. The second-order valence-corrected chi connectivity index (χ2v) is 4.24. The molecule has 0 bridgehead atoms. The number of fused-ring (bicyclic) bond motifs is 1. The van der Waals surface area contributed by atoms with E-state index in [1.165, 1.54) is 12.4 Å². The molecule has 3 nitrogen and oxygen atoms in total. The number of pyridine rings is 1. The molecule has 20 heavy (non-hydrogen) atoms. The molecule has 0 aliphatic carbocycles. The van der Waals surface area contributed by atoms with Gasteiger partial charge in [0.15, 0.2) is 28.9 Å². The monoisotopic (exact) mass is 279 g/mol. The fraction of sp³-hybridized carbons (Fsp3) is 0. The van der Waals surface area contributed by atoms with Crippen molar-refractivity contribution in [3.8, 4) is 5.69 Å². The van der Waals surface area contributed by atoms with Crippen molar-refractivity contribution in [1.29, 1.82) is 0 Å². The standard InChI is InChI=1S/C12H6BF4N3/c13-6-1-2-18-12-5(6)4-19-20(12)11-9(16)7(14)3-8(15)10(11)17/h1-4H,13H2. The number of hydrogen-bond acceptors (Lipinski definition) is 2.